The molecule has 0 aliphatic carbocycles. The molecule has 0 spiro atoms. The van der Waals surface area contributed by atoms with Crippen LogP contribution >= 0.6 is 0 Å². The third-order valence-corrected chi connectivity index (χ3v) is 3.17. The number of nitrogens with two attached hydrogens (primary N) is 1. The van der Waals surface area contributed by atoms with Crippen molar-refractivity contribution in [3.05, 3.63) is 58.9 Å². The Morgan fingerprint density at radius 2 is 1.64 bits per heavy atom. The number of carbonyl (C=O) groups excluding carboxylic acids is 1. The number of halogens is 3. The smallest absolute Gasteiger partial charge is 0.250 e. The van der Waals surface area contributed by atoms with E-state index in [4.69, 9.17) is 21.1 Å². The number of primary amides is 1. The lowest BCUT2D eigenvalue weighted by molar-refractivity contribution is 0.0450. The molecule has 9 heteroatoms. The van der Waals surface area contributed by atoms with Gasteiger partial charge in [0.15, 0.2) is 11.6 Å². The van der Waals surface area contributed by atoms with Crippen molar-refractivity contribution in [1.82, 2.24) is 0 Å². The van der Waals surface area contributed by atoms with Crippen LogP contribution in [0.4, 0.5) is 24.5 Å². The fourth-order valence-electron chi connectivity index (χ4n) is 1.79. The van der Waals surface area contributed by atoms with E-state index in [-0.39, 0.29) is 24.5 Å². The highest BCUT2D eigenvalue weighted by atomic mass is 19.2. The summed E-state index contributed by atoms with van der Waals surface area (Å²) in [6, 6.07) is 6.00. The molecule has 0 aliphatic heterocycles. The van der Waals surface area contributed by atoms with Gasteiger partial charge < -0.3 is 26.4 Å². The van der Waals surface area contributed by atoms with Crippen molar-refractivity contribution in [3.63, 3.8) is 0 Å². The first kappa shape index (κ1) is 25.4. The summed E-state index contributed by atoms with van der Waals surface area (Å²) >= 11 is 0. The molecule has 0 saturated heterocycles. The zero-order valence-corrected chi connectivity index (χ0v) is 15.8. The summed E-state index contributed by atoms with van der Waals surface area (Å²) in [6.45, 7) is 4.96. The molecule has 1 amide bonds. The highest BCUT2D eigenvalue weighted by Crippen LogP contribution is 2.27. The summed E-state index contributed by atoms with van der Waals surface area (Å²) in [4.78, 5) is 11.2. The Bertz CT molecular complexity index is 769. The Morgan fingerprint density at radius 1 is 1.07 bits per heavy atom. The van der Waals surface area contributed by atoms with E-state index >= 15 is 0 Å². The lowest BCUT2D eigenvalue weighted by Crippen LogP contribution is -2.15. The predicted octanol–water partition coefficient (Wildman–Crippen LogP) is 2.61. The number of hydrogen-bond donors (Lipinski definition) is 5. The maximum atomic E-state index is 13.8. The molecule has 0 heterocycles. The molecule has 2 rings (SSSR count). The van der Waals surface area contributed by atoms with Gasteiger partial charge in [0, 0.05) is 0 Å². The van der Waals surface area contributed by atoms with Crippen LogP contribution in [0.3, 0.4) is 0 Å². The average molecular weight is 402 g/mol. The fraction of sp³-hybridized carbons (Fsp3) is 0.316. The number of hydrogen-bond acceptors (Lipinski definition) is 5. The first-order valence-electron chi connectivity index (χ1n) is 8.42. The maximum Gasteiger partial charge on any atom is 0.250 e. The minimum atomic E-state index is -1.29. The Kier molecular flexibility index (Phi) is 11.5. The number of carbonyl (C=O) groups is 1. The lowest BCUT2D eigenvalue weighted by atomic mass is 10.1. The van der Waals surface area contributed by atoms with Crippen LogP contribution < -0.4 is 11.1 Å². The van der Waals surface area contributed by atoms with Gasteiger partial charge in [-0.05, 0) is 36.8 Å². The number of benzene rings is 2. The van der Waals surface area contributed by atoms with Crippen molar-refractivity contribution in [2.75, 3.05) is 18.5 Å². The van der Waals surface area contributed by atoms with Crippen LogP contribution in [-0.4, -0.2) is 40.5 Å². The molecule has 2 aromatic rings. The van der Waals surface area contributed by atoms with Gasteiger partial charge >= 0.3 is 0 Å². The van der Waals surface area contributed by atoms with Crippen LogP contribution in [0.5, 0.6) is 0 Å². The maximum absolute atomic E-state index is 13.8. The van der Waals surface area contributed by atoms with Crippen LogP contribution in [-0.2, 0) is 0 Å². The molecule has 28 heavy (non-hydrogen) atoms. The van der Waals surface area contributed by atoms with Crippen molar-refractivity contribution in [2.24, 2.45) is 5.73 Å². The second-order valence-electron chi connectivity index (χ2n) is 5.28. The molecule has 6 nitrogen and oxygen atoms in total. The molecular formula is C19H25F3N2O4. The predicted molar refractivity (Wildman–Crippen MR) is 101 cm³/mol. The van der Waals surface area contributed by atoms with Crippen LogP contribution in [0.25, 0.3) is 0 Å². The lowest BCUT2D eigenvalue weighted by Gasteiger charge is -2.12. The van der Waals surface area contributed by atoms with Gasteiger partial charge in [0.05, 0.1) is 30.2 Å². The second-order valence-corrected chi connectivity index (χ2v) is 5.28. The standard InChI is InChI=1S/C14H11F3N2O.C3H8O3.C2H6/c1-7-2-5-11(10(16)6-7)19-13-8(14(18)20)3-4-9(15)12(13)17;4-1-3(6)2-5;1-2/h2-6,19H,1H3,(H2,18,20);3-6H,1-2H2;1-2H3. The first-order chi connectivity index (χ1) is 13.2. The second kappa shape index (κ2) is 12.7. The number of aryl methyl sites for hydroxylation is 1. The monoisotopic (exact) mass is 402 g/mol. The largest absolute Gasteiger partial charge is 0.394 e. The summed E-state index contributed by atoms with van der Waals surface area (Å²) in [6.07, 6.45) is -0.954. The van der Waals surface area contributed by atoms with Crippen LogP contribution in [0.15, 0.2) is 30.3 Å². The van der Waals surface area contributed by atoms with E-state index in [1.165, 1.54) is 12.1 Å². The van der Waals surface area contributed by atoms with Gasteiger partial charge in [0.25, 0.3) is 5.91 Å². The zero-order chi connectivity index (χ0) is 21.9. The van der Waals surface area contributed by atoms with Gasteiger partial charge in [0.1, 0.15) is 11.9 Å². The molecule has 0 aliphatic rings. The molecule has 0 radical (unpaired) electrons. The number of amides is 1. The third kappa shape index (κ3) is 7.55. The van der Waals surface area contributed by atoms with E-state index in [0.29, 0.717) is 5.56 Å². The Balaban J connectivity index is 0.000000780. The Labute approximate surface area is 161 Å². The SMILES string of the molecule is CC.Cc1ccc(Nc2c(C(N)=O)ccc(F)c2F)c(F)c1.OCC(O)CO. The van der Waals surface area contributed by atoms with E-state index in [1.807, 2.05) is 13.8 Å². The summed E-state index contributed by atoms with van der Waals surface area (Å²) in [5.41, 5.74) is 4.93. The molecule has 6 N–H and O–H groups in total. The zero-order valence-electron chi connectivity index (χ0n) is 15.8. The summed E-state index contributed by atoms with van der Waals surface area (Å²) in [7, 11) is 0. The average Bonchev–Trinajstić information content (AvgIpc) is 2.68. The highest BCUT2D eigenvalue weighted by Gasteiger charge is 2.18. The normalized spacial score (nSPS) is 9.79. The van der Waals surface area contributed by atoms with Gasteiger partial charge in [-0.25, -0.2) is 13.2 Å². The first-order valence-corrected chi connectivity index (χ1v) is 8.42. The molecule has 0 bridgehead atoms. The van der Waals surface area contributed by atoms with E-state index < -0.39 is 35.2 Å². The summed E-state index contributed by atoms with van der Waals surface area (Å²) < 4.78 is 40.7. The van der Waals surface area contributed by atoms with Crippen molar-refractivity contribution >= 4 is 17.3 Å². The van der Waals surface area contributed by atoms with Crippen molar-refractivity contribution < 1.29 is 33.3 Å². The summed E-state index contributed by atoms with van der Waals surface area (Å²) in [5, 5.41) is 26.4. The van der Waals surface area contributed by atoms with Crippen molar-refractivity contribution in [1.29, 1.82) is 0 Å². The Hall–Kier alpha value is -2.62. The summed E-state index contributed by atoms with van der Waals surface area (Å²) in [5.74, 6) is -4.05. The molecular weight excluding hydrogens is 377 g/mol. The topological polar surface area (TPSA) is 116 Å². The van der Waals surface area contributed by atoms with Crippen molar-refractivity contribution in [2.45, 2.75) is 26.9 Å². The van der Waals surface area contributed by atoms with Crippen molar-refractivity contribution in [3.8, 4) is 0 Å². The number of aliphatic hydroxyl groups excluding tert-OH is 3. The Morgan fingerprint density at radius 3 is 2.07 bits per heavy atom. The van der Waals surface area contributed by atoms with Gasteiger partial charge in [-0.3, -0.25) is 4.79 Å². The number of anilines is 2. The number of nitrogens with one attached hydrogen (secondary N) is 1. The van der Waals surface area contributed by atoms with E-state index in [0.717, 1.165) is 12.1 Å². The third-order valence-electron chi connectivity index (χ3n) is 3.17. The van der Waals surface area contributed by atoms with E-state index in [2.05, 4.69) is 5.32 Å². The molecule has 0 saturated carbocycles. The molecule has 2 aromatic carbocycles. The fourth-order valence-corrected chi connectivity index (χ4v) is 1.79. The minimum Gasteiger partial charge on any atom is -0.394 e. The van der Waals surface area contributed by atoms with E-state index in [1.54, 1.807) is 13.0 Å². The van der Waals surface area contributed by atoms with Crippen LogP contribution in [0, 0.1) is 24.4 Å². The number of aliphatic hydroxyl groups is 3. The van der Waals surface area contributed by atoms with Gasteiger partial charge in [-0.2, -0.15) is 0 Å². The quantitative estimate of drug-likeness (QED) is 0.527. The van der Waals surface area contributed by atoms with E-state index in [9.17, 15) is 18.0 Å². The highest BCUT2D eigenvalue weighted by molar-refractivity contribution is 5.99. The molecule has 0 aromatic heterocycles. The van der Waals surface area contributed by atoms with Crippen LogP contribution in [0.2, 0.25) is 0 Å². The molecule has 0 unspecified atom stereocenters. The number of rotatable bonds is 5. The molecule has 0 fully saturated rings. The van der Waals surface area contributed by atoms with Gasteiger partial charge in [0.2, 0.25) is 0 Å². The minimum absolute atomic E-state index is 0.0809. The van der Waals surface area contributed by atoms with Gasteiger partial charge in [-0.15, -0.1) is 0 Å². The van der Waals surface area contributed by atoms with Crippen LogP contribution in [0.1, 0.15) is 29.8 Å². The van der Waals surface area contributed by atoms with Gasteiger partial charge in [-0.1, -0.05) is 19.9 Å². The molecule has 156 valence electrons. The molecule has 0 atom stereocenters.